The first-order valence-electron chi connectivity index (χ1n) is 10.9. The van der Waals surface area contributed by atoms with Gasteiger partial charge in [-0.1, -0.05) is 53.8 Å². The molecule has 1 fully saturated rings. The van der Waals surface area contributed by atoms with E-state index in [2.05, 4.69) is 15.5 Å². The van der Waals surface area contributed by atoms with Gasteiger partial charge in [0.25, 0.3) is 11.8 Å². The van der Waals surface area contributed by atoms with Crippen molar-refractivity contribution < 1.29 is 19.2 Å². The second-order valence-electron chi connectivity index (χ2n) is 8.21. The Morgan fingerprint density at radius 3 is 2.35 bits per heavy atom. The maximum atomic E-state index is 12.7. The number of amides is 4. The maximum Gasteiger partial charge on any atom is 0.261 e. The number of fused-ring (bicyclic) bond motifs is 1. The van der Waals surface area contributed by atoms with E-state index < -0.39 is 5.92 Å². The summed E-state index contributed by atoms with van der Waals surface area (Å²) in [6.45, 7) is 1.01. The zero-order valence-corrected chi connectivity index (χ0v) is 19.0. The summed E-state index contributed by atoms with van der Waals surface area (Å²) in [6, 6.07) is 16.4. The first-order chi connectivity index (χ1) is 16.5. The number of hydrogen-bond acceptors (Lipinski definition) is 7. The first kappa shape index (κ1) is 21.9. The fourth-order valence-corrected chi connectivity index (χ4v) is 4.90. The number of nitrogens with one attached hydrogen (secondary N) is 1. The molecule has 0 bridgehead atoms. The number of hydrogen-bond donors (Lipinski definition) is 1. The van der Waals surface area contributed by atoms with Crippen LogP contribution in [0.15, 0.2) is 54.6 Å². The minimum absolute atomic E-state index is 0.0529. The molecule has 1 atom stereocenters. The van der Waals surface area contributed by atoms with E-state index >= 15 is 0 Å². The minimum Gasteiger partial charge on any atom is -0.338 e. The minimum atomic E-state index is -0.457. The van der Waals surface area contributed by atoms with E-state index in [1.165, 1.54) is 16.2 Å². The highest BCUT2D eigenvalue weighted by Gasteiger charge is 2.36. The lowest BCUT2D eigenvalue weighted by Gasteiger charge is -2.16. The first-order valence-corrected chi connectivity index (χ1v) is 11.7. The molecule has 5 rings (SSSR count). The average Bonchev–Trinajstić information content (AvgIpc) is 3.51. The molecule has 9 nitrogen and oxygen atoms in total. The van der Waals surface area contributed by atoms with Crippen LogP contribution in [0, 0.1) is 5.92 Å². The number of nitrogens with zero attached hydrogens (tertiary/aromatic N) is 4. The SMILES string of the molecule is O=C(Nc1nnc(CCN2C(=O)c3ccccc3C2=O)s1)C1CC(=O)N(Cc2ccccc2)C1. The van der Waals surface area contributed by atoms with Crippen molar-refractivity contribution >= 4 is 40.1 Å². The highest BCUT2D eigenvalue weighted by atomic mass is 32.1. The van der Waals surface area contributed by atoms with Crippen molar-refractivity contribution in [2.75, 3.05) is 18.4 Å². The zero-order valence-electron chi connectivity index (χ0n) is 18.1. The van der Waals surface area contributed by atoms with Gasteiger partial charge in [-0.3, -0.25) is 24.1 Å². The monoisotopic (exact) mass is 475 g/mol. The Kier molecular flexibility index (Phi) is 5.89. The summed E-state index contributed by atoms with van der Waals surface area (Å²) in [5.74, 6) is -1.41. The van der Waals surface area contributed by atoms with Crippen molar-refractivity contribution in [2.45, 2.75) is 19.4 Å². The fourth-order valence-electron chi connectivity index (χ4n) is 4.17. The maximum absolute atomic E-state index is 12.7. The highest BCUT2D eigenvalue weighted by molar-refractivity contribution is 7.15. The molecule has 3 aromatic rings. The number of anilines is 1. The van der Waals surface area contributed by atoms with Crippen LogP contribution < -0.4 is 5.32 Å². The average molecular weight is 476 g/mol. The number of aromatic nitrogens is 2. The van der Waals surface area contributed by atoms with Gasteiger partial charge in [-0.05, 0) is 17.7 Å². The van der Waals surface area contributed by atoms with Gasteiger partial charge in [0, 0.05) is 32.5 Å². The van der Waals surface area contributed by atoms with E-state index in [0.717, 1.165) is 5.56 Å². The second-order valence-corrected chi connectivity index (χ2v) is 9.27. The molecule has 10 heteroatoms. The van der Waals surface area contributed by atoms with Crippen LogP contribution in [0.25, 0.3) is 0 Å². The van der Waals surface area contributed by atoms with Crippen molar-refractivity contribution in [3.8, 4) is 0 Å². The molecule has 1 aromatic heterocycles. The van der Waals surface area contributed by atoms with E-state index in [1.54, 1.807) is 29.2 Å². The van der Waals surface area contributed by atoms with Gasteiger partial charge < -0.3 is 10.2 Å². The Labute approximate surface area is 199 Å². The second kappa shape index (κ2) is 9.14. The van der Waals surface area contributed by atoms with Gasteiger partial charge in [0.1, 0.15) is 5.01 Å². The Balaban J connectivity index is 1.14. The van der Waals surface area contributed by atoms with Crippen LogP contribution in [0.5, 0.6) is 0 Å². The summed E-state index contributed by atoms with van der Waals surface area (Å²) in [5, 5.41) is 11.8. The Hall–Kier alpha value is -3.92. The van der Waals surface area contributed by atoms with E-state index in [0.29, 0.717) is 40.8 Å². The summed E-state index contributed by atoms with van der Waals surface area (Å²) < 4.78 is 0. The molecule has 0 spiro atoms. The summed E-state index contributed by atoms with van der Waals surface area (Å²) in [4.78, 5) is 52.9. The molecule has 0 radical (unpaired) electrons. The zero-order chi connectivity index (χ0) is 23.7. The van der Waals surface area contributed by atoms with Crippen molar-refractivity contribution in [3.63, 3.8) is 0 Å². The van der Waals surface area contributed by atoms with Gasteiger partial charge in [-0.2, -0.15) is 0 Å². The third-order valence-corrected chi connectivity index (χ3v) is 6.82. The van der Waals surface area contributed by atoms with E-state index in [9.17, 15) is 19.2 Å². The fraction of sp³-hybridized carbons (Fsp3) is 0.250. The van der Waals surface area contributed by atoms with Gasteiger partial charge in [0.15, 0.2) is 0 Å². The van der Waals surface area contributed by atoms with Gasteiger partial charge >= 0.3 is 0 Å². The number of rotatable bonds is 7. The van der Waals surface area contributed by atoms with Gasteiger partial charge in [0.2, 0.25) is 16.9 Å². The topological polar surface area (TPSA) is 113 Å². The third kappa shape index (κ3) is 4.32. The van der Waals surface area contributed by atoms with Crippen LogP contribution in [0.3, 0.4) is 0 Å². The van der Waals surface area contributed by atoms with Crippen molar-refractivity contribution in [2.24, 2.45) is 5.92 Å². The van der Waals surface area contributed by atoms with Crippen LogP contribution in [0.4, 0.5) is 5.13 Å². The number of likely N-dealkylation sites (tertiary alicyclic amines) is 1. The van der Waals surface area contributed by atoms with Crippen molar-refractivity contribution in [3.05, 3.63) is 76.3 Å². The predicted molar refractivity (Wildman–Crippen MR) is 124 cm³/mol. The lowest BCUT2D eigenvalue weighted by Crippen LogP contribution is -2.31. The Bertz CT molecular complexity index is 1240. The lowest BCUT2D eigenvalue weighted by atomic mass is 10.1. The number of carbonyl (C=O) groups is 4. The highest BCUT2D eigenvalue weighted by Crippen LogP contribution is 2.25. The molecule has 172 valence electrons. The lowest BCUT2D eigenvalue weighted by molar-refractivity contribution is -0.128. The van der Waals surface area contributed by atoms with Gasteiger partial charge in [-0.15, -0.1) is 10.2 Å². The van der Waals surface area contributed by atoms with Gasteiger partial charge in [-0.25, -0.2) is 0 Å². The third-order valence-electron chi connectivity index (χ3n) is 5.93. The van der Waals surface area contributed by atoms with Crippen molar-refractivity contribution in [1.82, 2.24) is 20.0 Å². The smallest absolute Gasteiger partial charge is 0.261 e. The largest absolute Gasteiger partial charge is 0.338 e. The van der Waals surface area contributed by atoms with E-state index in [4.69, 9.17) is 0 Å². The molecule has 4 amide bonds. The molecular weight excluding hydrogens is 454 g/mol. The number of carbonyl (C=O) groups excluding carboxylic acids is 4. The molecule has 1 unspecified atom stereocenters. The molecule has 1 N–H and O–H groups in total. The van der Waals surface area contributed by atoms with Crippen LogP contribution in [0.1, 0.15) is 37.7 Å². The molecule has 0 saturated carbocycles. The molecule has 0 aliphatic carbocycles. The molecular formula is C24H21N5O4S. The predicted octanol–water partition coefficient (Wildman–Crippen LogP) is 2.36. The summed E-state index contributed by atoms with van der Waals surface area (Å²) in [7, 11) is 0. The van der Waals surface area contributed by atoms with E-state index in [-0.39, 0.29) is 36.6 Å². The quantitative estimate of drug-likeness (QED) is 0.525. The van der Waals surface area contributed by atoms with Crippen LogP contribution in [-0.2, 0) is 22.6 Å². The molecule has 1 saturated heterocycles. The van der Waals surface area contributed by atoms with Crippen LogP contribution in [0.2, 0.25) is 0 Å². The molecule has 2 aliphatic heterocycles. The summed E-state index contributed by atoms with van der Waals surface area (Å²) in [5.41, 5.74) is 1.83. The number of benzene rings is 2. The Morgan fingerprint density at radius 2 is 1.65 bits per heavy atom. The number of imide groups is 1. The van der Waals surface area contributed by atoms with Crippen LogP contribution in [-0.4, -0.2) is 56.7 Å². The molecule has 34 heavy (non-hydrogen) atoms. The summed E-state index contributed by atoms with van der Waals surface area (Å²) in [6.07, 6.45) is 0.496. The normalized spacial score (nSPS) is 17.4. The van der Waals surface area contributed by atoms with Crippen LogP contribution >= 0.6 is 11.3 Å². The molecule has 3 heterocycles. The summed E-state index contributed by atoms with van der Waals surface area (Å²) >= 11 is 1.19. The standard InChI is InChI=1S/C24H21N5O4S/c30-20-12-16(14-28(20)13-15-6-2-1-3-7-15)21(31)25-24-27-26-19(34-24)10-11-29-22(32)17-8-4-5-9-18(17)23(29)33/h1-9,16H,10-14H2,(H,25,27,31). The van der Waals surface area contributed by atoms with Gasteiger partial charge in [0.05, 0.1) is 17.0 Å². The molecule has 2 aromatic carbocycles. The molecule has 2 aliphatic rings. The Morgan fingerprint density at radius 1 is 0.971 bits per heavy atom. The van der Waals surface area contributed by atoms with Crippen molar-refractivity contribution in [1.29, 1.82) is 0 Å². The van der Waals surface area contributed by atoms with E-state index in [1.807, 2.05) is 30.3 Å².